The van der Waals surface area contributed by atoms with Gasteiger partial charge in [-0.25, -0.2) is 5.43 Å². The van der Waals surface area contributed by atoms with Crippen LogP contribution in [0.3, 0.4) is 0 Å². The van der Waals surface area contributed by atoms with E-state index in [0.29, 0.717) is 11.3 Å². The van der Waals surface area contributed by atoms with Crippen molar-refractivity contribution in [3.63, 3.8) is 0 Å². The van der Waals surface area contributed by atoms with E-state index in [9.17, 15) is 4.79 Å². The van der Waals surface area contributed by atoms with E-state index in [-0.39, 0.29) is 5.91 Å². The Hall–Kier alpha value is -2.14. The van der Waals surface area contributed by atoms with Gasteiger partial charge in [0.25, 0.3) is 5.91 Å². The molecule has 0 atom stereocenters. The van der Waals surface area contributed by atoms with Crippen molar-refractivity contribution in [1.82, 2.24) is 5.43 Å². The number of nitrogens with one attached hydrogen (secondary N) is 1. The third kappa shape index (κ3) is 4.16. The number of benzene rings is 2. The third-order valence-corrected chi connectivity index (χ3v) is 3.49. The van der Waals surface area contributed by atoms with Gasteiger partial charge in [0.05, 0.1) is 17.8 Å². The standard InChI is InChI=1S/C16H15BrN2O2/c1-11-3-5-12(6-4-11)10-18-19-16(20)13-7-8-15(21-2)14(17)9-13/h3-10H,1-2H3,(H,19,20). The SMILES string of the molecule is COc1ccc(C(=O)NN=Cc2ccc(C)cc2)cc1Br. The van der Waals surface area contributed by atoms with Gasteiger partial charge in [0.15, 0.2) is 0 Å². The minimum atomic E-state index is -0.276. The van der Waals surface area contributed by atoms with Gasteiger partial charge in [-0.15, -0.1) is 0 Å². The second-order valence-electron chi connectivity index (χ2n) is 4.46. The number of nitrogens with zero attached hydrogens (tertiary/aromatic N) is 1. The second kappa shape index (κ2) is 7.04. The van der Waals surface area contributed by atoms with Gasteiger partial charge >= 0.3 is 0 Å². The number of carbonyl (C=O) groups is 1. The van der Waals surface area contributed by atoms with Crippen molar-refractivity contribution >= 4 is 28.1 Å². The van der Waals surface area contributed by atoms with Gasteiger partial charge in [-0.2, -0.15) is 5.10 Å². The van der Waals surface area contributed by atoms with E-state index >= 15 is 0 Å². The maximum atomic E-state index is 12.0. The molecule has 0 aliphatic rings. The zero-order valence-corrected chi connectivity index (χ0v) is 13.3. The molecule has 2 rings (SSSR count). The van der Waals surface area contributed by atoms with E-state index in [1.54, 1.807) is 31.5 Å². The highest BCUT2D eigenvalue weighted by atomic mass is 79.9. The molecule has 0 saturated carbocycles. The van der Waals surface area contributed by atoms with Crippen molar-refractivity contribution in [2.24, 2.45) is 5.10 Å². The van der Waals surface area contributed by atoms with Gasteiger partial charge < -0.3 is 4.74 Å². The Labute approximate surface area is 132 Å². The van der Waals surface area contributed by atoms with Crippen molar-refractivity contribution in [3.8, 4) is 5.75 Å². The van der Waals surface area contributed by atoms with Gasteiger partial charge in [-0.05, 0) is 46.6 Å². The van der Waals surface area contributed by atoms with Crippen LogP contribution in [0.25, 0.3) is 0 Å². The summed E-state index contributed by atoms with van der Waals surface area (Å²) in [5, 5.41) is 3.95. The lowest BCUT2D eigenvalue weighted by atomic mass is 10.2. The van der Waals surface area contributed by atoms with Gasteiger partial charge in [-0.1, -0.05) is 29.8 Å². The maximum absolute atomic E-state index is 12.0. The summed E-state index contributed by atoms with van der Waals surface area (Å²) in [5.41, 5.74) is 5.11. The minimum Gasteiger partial charge on any atom is -0.496 e. The fourth-order valence-corrected chi connectivity index (χ4v) is 2.23. The summed E-state index contributed by atoms with van der Waals surface area (Å²) >= 11 is 3.34. The van der Waals surface area contributed by atoms with Crippen LogP contribution in [0.2, 0.25) is 0 Å². The van der Waals surface area contributed by atoms with Crippen LogP contribution in [0.1, 0.15) is 21.5 Å². The maximum Gasteiger partial charge on any atom is 0.271 e. The van der Waals surface area contributed by atoms with Gasteiger partial charge in [-0.3, -0.25) is 4.79 Å². The van der Waals surface area contributed by atoms with Gasteiger partial charge in [0.2, 0.25) is 0 Å². The molecule has 2 aromatic carbocycles. The van der Waals surface area contributed by atoms with Crippen LogP contribution in [0.5, 0.6) is 5.75 Å². The van der Waals surface area contributed by atoms with Crippen LogP contribution < -0.4 is 10.2 Å². The lowest BCUT2D eigenvalue weighted by molar-refractivity contribution is 0.0955. The molecule has 0 unspecified atom stereocenters. The normalized spacial score (nSPS) is 10.6. The molecule has 0 spiro atoms. The molecule has 0 aromatic heterocycles. The summed E-state index contributed by atoms with van der Waals surface area (Å²) in [4.78, 5) is 12.0. The zero-order valence-electron chi connectivity index (χ0n) is 11.8. The van der Waals surface area contributed by atoms with Crippen LogP contribution in [-0.2, 0) is 0 Å². The largest absolute Gasteiger partial charge is 0.496 e. The number of aryl methyl sites for hydroxylation is 1. The summed E-state index contributed by atoms with van der Waals surface area (Å²) in [5.74, 6) is 0.399. The monoisotopic (exact) mass is 346 g/mol. The van der Waals surface area contributed by atoms with E-state index in [0.717, 1.165) is 10.0 Å². The molecular weight excluding hydrogens is 332 g/mol. The minimum absolute atomic E-state index is 0.276. The molecule has 0 saturated heterocycles. The molecule has 21 heavy (non-hydrogen) atoms. The average Bonchev–Trinajstić information content (AvgIpc) is 2.49. The number of carbonyl (C=O) groups excluding carboxylic acids is 1. The molecule has 0 bridgehead atoms. The summed E-state index contributed by atoms with van der Waals surface area (Å²) in [7, 11) is 1.58. The summed E-state index contributed by atoms with van der Waals surface area (Å²) in [6, 6.07) is 13.0. The molecule has 0 heterocycles. The van der Waals surface area contributed by atoms with Crippen molar-refractivity contribution in [1.29, 1.82) is 0 Å². The molecule has 0 aliphatic carbocycles. The molecule has 0 fully saturated rings. The molecule has 1 amide bonds. The van der Waals surface area contributed by atoms with E-state index in [1.807, 2.05) is 31.2 Å². The lowest BCUT2D eigenvalue weighted by Gasteiger charge is -2.05. The highest BCUT2D eigenvalue weighted by Gasteiger charge is 2.07. The van der Waals surface area contributed by atoms with Crippen molar-refractivity contribution in [3.05, 3.63) is 63.6 Å². The topological polar surface area (TPSA) is 50.7 Å². The molecule has 4 nitrogen and oxygen atoms in total. The number of rotatable bonds is 4. The lowest BCUT2D eigenvalue weighted by Crippen LogP contribution is -2.17. The van der Waals surface area contributed by atoms with Crippen LogP contribution >= 0.6 is 15.9 Å². The smallest absolute Gasteiger partial charge is 0.271 e. The summed E-state index contributed by atoms with van der Waals surface area (Å²) in [6.45, 7) is 2.02. The fourth-order valence-electron chi connectivity index (χ4n) is 1.69. The molecular formula is C16H15BrN2O2. The first kappa shape index (κ1) is 15.3. The molecule has 1 N–H and O–H groups in total. The number of hydrogen-bond donors (Lipinski definition) is 1. The van der Waals surface area contributed by atoms with Crippen LogP contribution in [0, 0.1) is 6.92 Å². The number of methoxy groups -OCH3 is 1. The first-order valence-electron chi connectivity index (χ1n) is 6.34. The van der Waals surface area contributed by atoms with E-state index < -0.39 is 0 Å². The first-order valence-corrected chi connectivity index (χ1v) is 7.13. The first-order chi connectivity index (χ1) is 10.1. The van der Waals surface area contributed by atoms with Gasteiger partial charge in [0, 0.05) is 5.56 Å². The summed E-state index contributed by atoms with van der Waals surface area (Å²) < 4.78 is 5.84. The number of amides is 1. The molecule has 0 aliphatic heterocycles. The number of ether oxygens (including phenoxy) is 1. The van der Waals surface area contributed by atoms with Crippen LogP contribution in [-0.4, -0.2) is 19.2 Å². The Balaban J connectivity index is 2.01. The van der Waals surface area contributed by atoms with E-state index in [2.05, 4.69) is 26.5 Å². The Kier molecular flexibility index (Phi) is 5.11. The Morgan fingerprint density at radius 1 is 1.24 bits per heavy atom. The molecule has 108 valence electrons. The molecule has 5 heteroatoms. The second-order valence-corrected chi connectivity index (χ2v) is 5.31. The number of hydrogen-bond acceptors (Lipinski definition) is 3. The average molecular weight is 347 g/mol. The fraction of sp³-hybridized carbons (Fsp3) is 0.125. The Morgan fingerprint density at radius 2 is 1.95 bits per heavy atom. The summed E-state index contributed by atoms with van der Waals surface area (Å²) in [6.07, 6.45) is 1.61. The third-order valence-electron chi connectivity index (χ3n) is 2.87. The Bertz CT molecular complexity index is 666. The number of halogens is 1. The predicted octanol–water partition coefficient (Wildman–Crippen LogP) is 3.53. The van der Waals surface area contributed by atoms with E-state index in [4.69, 9.17) is 4.74 Å². The highest BCUT2D eigenvalue weighted by molar-refractivity contribution is 9.10. The quantitative estimate of drug-likeness (QED) is 0.680. The zero-order chi connectivity index (χ0) is 15.2. The molecule has 0 radical (unpaired) electrons. The Morgan fingerprint density at radius 3 is 2.57 bits per heavy atom. The van der Waals surface area contributed by atoms with Crippen molar-refractivity contribution < 1.29 is 9.53 Å². The van der Waals surface area contributed by atoms with Gasteiger partial charge in [0.1, 0.15) is 5.75 Å². The highest BCUT2D eigenvalue weighted by Crippen LogP contribution is 2.25. The predicted molar refractivity (Wildman–Crippen MR) is 86.9 cm³/mol. The van der Waals surface area contributed by atoms with Crippen LogP contribution in [0.15, 0.2) is 52.0 Å². The van der Waals surface area contributed by atoms with Crippen molar-refractivity contribution in [2.45, 2.75) is 6.92 Å². The van der Waals surface area contributed by atoms with Crippen LogP contribution in [0.4, 0.5) is 0 Å². The van der Waals surface area contributed by atoms with Crippen molar-refractivity contribution in [2.75, 3.05) is 7.11 Å². The number of hydrazone groups is 1. The molecule has 2 aromatic rings. The van der Waals surface area contributed by atoms with E-state index in [1.165, 1.54) is 5.56 Å².